The van der Waals surface area contributed by atoms with Crippen LogP contribution in [-0.4, -0.2) is 31.1 Å². The second kappa shape index (κ2) is 10.9. The quantitative estimate of drug-likeness (QED) is 0.185. The molecule has 0 aliphatic rings. The minimum Gasteiger partial charge on any atom is -0.493 e. The van der Waals surface area contributed by atoms with Gasteiger partial charge in [0, 0.05) is 34.5 Å². The van der Waals surface area contributed by atoms with E-state index in [1.165, 1.54) is 27.2 Å². The number of benzene rings is 3. The molecule has 1 amide bonds. The fourth-order valence-corrected chi connectivity index (χ4v) is 4.01. The van der Waals surface area contributed by atoms with Gasteiger partial charge in [0.25, 0.3) is 0 Å². The highest BCUT2D eigenvalue weighted by Gasteiger charge is 2.17. The molecule has 0 saturated heterocycles. The molecule has 0 aliphatic carbocycles. The lowest BCUT2D eigenvalue weighted by Crippen LogP contribution is -2.09. The maximum atomic E-state index is 12.9. The maximum absolute atomic E-state index is 12.9. The summed E-state index contributed by atoms with van der Waals surface area (Å²) in [4.78, 5) is 28.9. The number of carbonyl (C=O) groups excluding carboxylic acids is 2. The number of aromatic nitrogens is 1. The molecular formula is C28H23ClN2O5. The Morgan fingerprint density at radius 1 is 0.972 bits per heavy atom. The minimum absolute atomic E-state index is 0.167. The van der Waals surface area contributed by atoms with Crippen molar-refractivity contribution in [2.75, 3.05) is 19.5 Å². The Morgan fingerprint density at radius 2 is 1.64 bits per heavy atom. The van der Waals surface area contributed by atoms with E-state index in [2.05, 4.69) is 10.3 Å². The zero-order valence-corrected chi connectivity index (χ0v) is 20.6. The number of anilines is 1. The fourth-order valence-electron chi connectivity index (χ4n) is 3.78. The Morgan fingerprint density at radius 3 is 2.31 bits per heavy atom. The zero-order chi connectivity index (χ0) is 25.7. The Kier molecular flexibility index (Phi) is 7.51. The number of halogens is 1. The average molecular weight is 503 g/mol. The van der Waals surface area contributed by atoms with E-state index in [0.29, 0.717) is 27.8 Å². The van der Waals surface area contributed by atoms with Gasteiger partial charge in [0.1, 0.15) is 0 Å². The lowest BCUT2D eigenvalue weighted by atomic mass is 9.99. The summed E-state index contributed by atoms with van der Waals surface area (Å²) in [7, 11) is 2.90. The Hall–Kier alpha value is -4.36. The number of amides is 1. The van der Waals surface area contributed by atoms with Gasteiger partial charge in [-0.05, 0) is 35.9 Å². The number of para-hydroxylation sites is 1. The molecule has 0 atom stereocenters. The topological polar surface area (TPSA) is 86.8 Å². The number of rotatable bonds is 7. The molecule has 0 bridgehead atoms. The molecule has 0 saturated carbocycles. The molecule has 0 fully saturated rings. The number of esters is 1. The van der Waals surface area contributed by atoms with Crippen LogP contribution >= 0.6 is 11.6 Å². The number of hydrogen-bond donors (Lipinski definition) is 1. The van der Waals surface area contributed by atoms with Crippen molar-refractivity contribution in [3.63, 3.8) is 0 Å². The summed E-state index contributed by atoms with van der Waals surface area (Å²) in [5.74, 6) is -0.121. The van der Waals surface area contributed by atoms with Gasteiger partial charge < -0.3 is 19.5 Å². The summed E-state index contributed by atoms with van der Waals surface area (Å²) < 4.78 is 15.9. The first-order valence-corrected chi connectivity index (χ1v) is 11.3. The normalized spacial score (nSPS) is 10.9. The Labute approximate surface area is 213 Å². The standard InChI is InChI=1S/C28H23ClN2O5/c1-17(32)36-28-24(34-2)14-18(15-25(28)35-3)12-13-26(33)31-23-16-30-22-11-7-5-9-20(22)27(23)19-8-4-6-10-21(19)29/h4-16H,1-3H3,(H,31,33). The molecule has 4 aromatic rings. The van der Waals surface area contributed by atoms with Crippen LogP contribution in [0, 0.1) is 0 Å². The first-order chi connectivity index (χ1) is 17.4. The summed E-state index contributed by atoms with van der Waals surface area (Å²) >= 11 is 6.51. The van der Waals surface area contributed by atoms with Gasteiger partial charge in [0.05, 0.1) is 31.6 Å². The van der Waals surface area contributed by atoms with Crippen LogP contribution in [0.1, 0.15) is 12.5 Å². The summed E-state index contributed by atoms with van der Waals surface area (Å²) in [5, 5.41) is 4.34. The van der Waals surface area contributed by atoms with Crippen LogP contribution in [0.4, 0.5) is 5.69 Å². The highest BCUT2D eigenvalue weighted by atomic mass is 35.5. The highest BCUT2D eigenvalue weighted by molar-refractivity contribution is 6.34. The molecule has 7 nitrogen and oxygen atoms in total. The third kappa shape index (κ3) is 5.31. The molecule has 1 heterocycles. The lowest BCUT2D eigenvalue weighted by Gasteiger charge is -2.14. The highest BCUT2D eigenvalue weighted by Crippen LogP contribution is 2.40. The summed E-state index contributed by atoms with van der Waals surface area (Å²) in [6.07, 6.45) is 4.60. The predicted molar refractivity (Wildman–Crippen MR) is 141 cm³/mol. The third-order valence-electron chi connectivity index (χ3n) is 5.33. The maximum Gasteiger partial charge on any atom is 0.308 e. The van der Waals surface area contributed by atoms with E-state index in [0.717, 1.165) is 22.0 Å². The molecule has 1 aromatic heterocycles. The number of nitrogens with zero attached hydrogens (tertiary/aromatic N) is 1. The Balaban J connectivity index is 1.67. The second-order valence-electron chi connectivity index (χ2n) is 7.71. The van der Waals surface area contributed by atoms with Crippen molar-refractivity contribution in [2.45, 2.75) is 6.92 Å². The van der Waals surface area contributed by atoms with E-state index in [-0.39, 0.29) is 11.7 Å². The van der Waals surface area contributed by atoms with Crippen LogP contribution in [-0.2, 0) is 9.59 Å². The van der Waals surface area contributed by atoms with Crippen LogP contribution in [0.3, 0.4) is 0 Å². The Bertz CT molecular complexity index is 1460. The van der Waals surface area contributed by atoms with Gasteiger partial charge in [-0.2, -0.15) is 0 Å². The van der Waals surface area contributed by atoms with Crippen LogP contribution in [0.25, 0.3) is 28.1 Å². The fraction of sp³-hybridized carbons (Fsp3) is 0.107. The number of nitrogens with one attached hydrogen (secondary N) is 1. The molecule has 182 valence electrons. The van der Waals surface area contributed by atoms with E-state index in [1.54, 1.807) is 30.5 Å². The van der Waals surface area contributed by atoms with E-state index in [4.69, 9.17) is 25.8 Å². The first kappa shape index (κ1) is 24.8. The van der Waals surface area contributed by atoms with Crippen LogP contribution in [0.15, 0.2) is 72.9 Å². The average Bonchev–Trinajstić information content (AvgIpc) is 2.88. The van der Waals surface area contributed by atoms with E-state index in [1.807, 2.05) is 42.5 Å². The van der Waals surface area contributed by atoms with Crippen LogP contribution in [0.2, 0.25) is 5.02 Å². The second-order valence-corrected chi connectivity index (χ2v) is 8.12. The molecule has 4 rings (SSSR count). The van der Waals surface area contributed by atoms with Crippen molar-refractivity contribution in [3.8, 4) is 28.4 Å². The van der Waals surface area contributed by atoms with Gasteiger partial charge in [-0.25, -0.2) is 0 Å². The summed E-state index contributed by atoms with van der Waals surface area (Å²) in [6.45, 7) is 1.29. The number of fused-ring (bicyclic) bond motifs is 1. The number of ether oxygens (including phenoxy) is 3. The SMILES string of the molecule is COc1cc(C=CC(=O)Nc2cnc3ccccc3c2-c2ccccc2Cl)cc(OC)c1OC(C)=O. The summed E-state index contributed by atoms with van der Waals surface area (Å²) in [6, 6.07) is 18.4. The van der Waals surface area contributed by atoms with E-state index < -0.39 is 5.97 Å². The molecule has 8 heteroatoms. The molecule has 0 aliphatic heterocycles. The smallest absolute Gasteiger partial charge is 0.308 e. The first-order valence-electron chi connectivity index (χ1n) is 11.0. The minimum atomic E-state index is -0.507. The third-order valence-corrected chi connectivity index (χ3v) is 5.66. The van der Waals surface area contributed by atoms with Crippen LogP contribution in [0.5, 0.6) is 17.2 Å². The van der Waals surface area contributed by atoms with Crippen molar-refractivity contribution in [1.29, 1.82) is 0 Å². The molecule has 0 radical (unpaired) electrons. The molecule has 0 unspecified atom stereocenters. The van der Waals surface area contributed by atoms with Crippen molar-refractivity contribution < 1.29 is 23.8 Å². The molecule has 3 aromatic carbocycles. The molecule has 1 N–H and O–H groups in total. The van der Waals surface area contributed by atoms with E-state index in [9.17, 15) is 9.59 Å². The van der Waals surface area contributed by atoms with Crippen molar-refractivity contribution in [1.82, 2.24) is 4.98 Å². The molecular weight excluding hydrogens is 480 g/mol. The van der Waals surface area contributed by atoms with Gasteiger partial charge >= 0.3 is 5.97 Å². The summed E-state index contributed by atoms with van der Waals surface area (Å²) in [5.41, 5.74) is 3.48. The predicted octanol–water partition coefficient (Wildman–Crippen LogP) is 6.15. The molecule has 36 heavy (non-hydrogen) atoms. The van der Waals surface area contributed by atoms with Crippen LogP contribution < -0.4 is 19.5 Å². The van der Waals surface area contributed by atoms with Gasteiger partial charge in [-0.1, -0.05) is 48.0 Å². The van der Waals surface area contributed by atoms with Crippen molar-refractivity contribution >= 4 is 46.1 Å². The largest absolute Gasteiger partial charge is 0.493 e. The van der Waals surface area contributed by atoms with Gasteiger partial charge in [-0.3, -0.25) is 14.6 Å². The molecule has 0 spiro atoms. The zero-order valence-electron chi connectivity index (χ0n) is 19.9. The number of hydrogen-bond acceptors (Lipinski definition) is 6. The lowest BCUT2D eigenvalue weighted by molar-refractivity contribution is -0.132. The monoisotopic (exact) mass is 502 g/mol. The van der Waals surface area contributed by atoms with Gasteiger partial charge in [0.2, 0.25) is 11.7 Å². The van der Waals surface area contributed by atoms with Crippen molar-refractivity contribution in [3.05, 3.63) is 83.5 Å². The van der Waals surface area contributed by atoms with Gasteiger partial charge in [0.15, 0.2) is 11.5 Å². The van der Waals surface area contributed by atoms with Crippen molar-refractivity contribution in [2.24, 2.45) is 0 Å². The number of pyridine rings is 1. The number of methoxy groups -OCH3 is 2. The van der Waals surface area contributed by atoms with E-state index >= 15 is 0 Å². The number of carbonyl (C=O) groups is 2. The van der Waals surface area contributed by atoms with Gasteiger partial charge in [-0.15, -0.1) is 0 Å².